The minimum atomic E-state index is 0. The Morgan fingerprint density at radius 1 is 1.10 bits per heavy atom. The molecular formula is C16H26Cl2N2. The molecule has 1 saturated carbocycles. The van der Waals surface area contributed by atoms with Crippen molar-refractivity contribution in [3.63, 3.8) is 0 Å². The highest BCUT2D eigenvalue weighted by Crippen LogP contribution is 2.45. The Morgan fingerprint density at radius 2 is 1.75 bits per heavy atom. The topological polar surface area (TPSA) is 15.3 Å². The summed E-state index contributed by atoms with van der Waals surface area (Å²) in [6.45, 7) is 9.23. The fourth-order valence-electron chi connectivity index (χ4n) is 3.22. The Balaban J connectivity index is 0.000001000. The second-order valence-electron chi connectivity index (χ2n) is 5.86. The van der Waals surface area contributed by atoms with E-state index >= 15 is 0 Å². The van der Waals surface area contributed by atoms with Crippen LogP contribution < -0.4 is 5.32 Å². The van der Waals surface area contributed by atoms with E-state index < -0.39 is 0 Å². The van der Waals surface area contributed by atoms with E-state index in [2.05, 4.69) is 42.3 Å². The van der Waals surface area contributed by atoms with Crippen LogP contribution in [0.1, 0.15) is 35.6 Å². The summed E-state index contributed by atoms with van der Waals surface area (Å²) >= 11 is 0. The number of halogens is 2. The van der Waals surface area contributed by atoms with Crippen LogP contribution in [0.5, 0.6) is 0 Å². The zero-order valence-corrected chi connectivity index (χ0v) is 14.0. The number of hydrogen-bond acceptors (Lipinski definition) is 2. The molecule has 20 heavy (non-hydrogen) atoms. The van der Waals surface area contributed by atoms with Crippen molar-refractivity contribution in [1.82, 2.24) is 10.2 Å². The molecule has 4 heteroatoms. The van der Waals surface area contributed by atoms with Gasteiger partial charge in [0.1, 0.15) is 0 Å². The minimum Gasteiger partial charge on any atom is -0.314 e. The van der Waals surface area contributed by atoms with Crippen LogP contribution in [0.2, 0.25) is 0 Å². The lowest BCUT2D eigenvalue weighted by atomic mass is 9.93. The van der Waals surface area contributed by atoms with E-state index in [4.69, 9.17) is 0 Å². The Bertz CT molecular complexity index is 426. The second kappa shape index (κ2) is 7.65. The molecule has 0 bridgehead atoms. The molecule has 2 nitrogen and oxygen atoms in total. The molecule has 1 heterocycles. The maximum Gasteiger partial charge on any atom is 0.0380 e. The lowest BCUT2D eigenvalue weighted by Gasteiger charge is -2.36. The van der Waals surface area contributed by atoms with E-state index in [0.29, 0.717) is 6.04 Å². The maximum atomic E-state index is 3.46. The van der Waals surface area contributed by atoms with Crippen molar-refractivity contribution in [1.29, 1.82) is 0 Å². The van der Waals surface area contributed by atoms with E-state index in [1.807, 2.05) is 0 Å². The normalized spacial score (nSPS) is 20.7. The molecule has 0 amide bonds. The molecule has 114 valence electrons. The molecule has 2 aliphatic rings. The summed E-state index contributed by atoms with van der Waals surface area (Å²) in [6.07, 6.45) is 2.84. The predicted octanol–water partition coefficient (Wildman–Crippen LogP) is 3.50. The van der Waals surface area contributed by atoms with Gasteiger partial charge in [0.15, 0.2) is 0 Å². The van der Waals surface area contributed by atoms with Crippen LogP contribution in [0, 0.1) is 19.8 Å². The first-order valence-corrected chi connectivity index (χ1v) is 7.28. The van der Waals surface area contributed by atoms with Crippen LogP contribution in [-0.2, 0) is 0 Å². The Labute approximate surface area is 135 Å². The zero-order chi connectivity index (χ0) is 12.5. The highest BCUT2D eigenvalue weighted by Gasteiger charge is 2.37. The van der Waals surface area contributed by atoms with Crippen LogP contribution in [0.15, 0.2) is 18.2 Å². The van der Waals surface area contributed by atoms with Crippen molar-refractivity contribution < 1.29 is 0 Å². The van der Waals surface area contributed by atoms with Gasteiger partial charge in [-0.1, -0.05) is 18.2 Å². The zero-order valence-electron chi connectivity index (χ0n) is 12.4. The Hall–Kier alpha value is -0.280. The highest BCUT2D eigenvalue weighted by atomic mass is 35.5. The Kier molecular flexibility index (Phi) is 6.80. The van der Waals surface area contributed by atoms with Gasteiger partial charge >= 0.3 is 0 Å². The first-order chi connectivity index (χ1) is 8.77. The largest absolute Gasteiger partial charge is 0.314 e. The molecule has 1 aromatic carbocycles. The van der Waals surface area contributed by atoms with Crippen molar-refractivity contribution >= 4 is 24.8 Å². The summed E-state index contributed by atoms with van der Waals surface area (Å²) in [5, 5.41) is 3.46. The van der Waals surface area contributed by atoms with E-state index in [-0.39, 0.29) is 24.8 Å². The number of benzene rings is 1. The van der Waals surface area contributed by atoms with Crippen LogP contribution in [-0.4, -0.2) is 31.1 Å². The predicted molar refractivity (Wildman–Crippen MR) is 90.3 cm³/mol. The quantitative estimate of drug-likeness (QED) is 0.918. The van der Waals surface area contributed by atoms with Crippen LogP contribution in [0.4, 0.5) is 0 Å². The SMILES string of the molecule is Cc1cccc([C@H](C2CC2)N2CCNCC2)c1C.Cl.Cl. The standard InChI is InChI=1S/C16H24N2.2ClH/c1-12-4-3-5-15(13(12)2)16(14-6-7-14)18-10-8-17-9-11-18;;/h3-5,14,16-17H,6-11H2,1-2H3;2*1H/t16-;;/m0../s1. The second-order valence-corrected chi connectivity index (χ2v) is 5.86. The van der Waals surface area contributed by atoms with Gasteiger partial charge < -0.3 is 5.32 Å². The molecule has 0 unspecified atom stereocenters. The van der Waals surface area contributed by atoms with Crippen molar-refractivity contribution in [3.05, 3.63) is 34.9 Å². The van der Waals surface area contributed by atoms with Gasteiger partial charge in [0.05, 0.1) is 0 Å². The molecule has 3 rings (SSSR count). The molecule has 1 aliphatic heterocycles. The Morgan fingerprint density at radius 3 is 2.35 bits per heavy atom. The third-order valence-electron chi connectivity index (χ3n) is 4.58. The van der Waals surface area contributed by atoms with Crippen molar-refractivity contribution in [3.8, 4) is 0 Å². The maximum absolute atomic E-state index is 3.46. The molecule has 1 N–H and O–H groups in total. The van der Waals surface area contributed by atoms with Crippen molar-refractivity contribution in [2.24, 2.45) is 5.92 Å². The van der Waals surface area contributed by atoms with Gasteiger partial charge in [0.2, 0.25) is 0 Å². The molecular weight excluding hydrogens is 291 g/mol. The summed E-state index contributed by atoms with van der Waals surface area (Å²) in [5.74, 6) is 0.906. The van der Waals surface area contributed by atoms with Gasteiger partial charge in [-0.15, -0.1) is 24.8 Å². The van der Waals surface area contributed by atoms with Crippen LogP contribution >= 0.6 is 24.8 Å². The third kappa shape index (κ3) is 3.67. The number of hydrogen-bond donors (Lipinski definition) is 1. The first kappa shape index (κ1) is 17.8. The van der Waals surface area contributed by atoms with Gasteiger partial charge in [-0.3, -0.25) is 4.90 Å². The molecule has 2 fully saturated rings. The molecule has 0 radical (unpaired) electrons. The monoisotopic (exact) mass is 316 g/mol. The number of aryl methyl sites for hydroxylation is 1. The van der Waals surface area contributed by atoms with Gasteiger partial charge in [-0.05, 0) is 49.3 Å². The molecule has 0 spiro atoms. The van der Waals surface area contributed by atoms with Gasteiger partial charge in [0, 0.05) is 32.2 Å². The summed E-state index contributed by atoms with van der Waals surface area (Å²) < 4.78 is 0. The average Bonchev–Trinajstić information content (AvgIpc) is 3.21. The number of nitrogens with one attached hydrogen (secondary N) is 1. The first-order valence-electron chi connectivity index (χ1n) is 7.28. The summed E-state index contributed by atoms with van der Waals surface area (Å²) in [4.78, 5) is 2.70. The van der Waals surface area contributed by atoms with E-state index in [1.54, 1.807) is 5.56 Å². The van der Waals surface area contributed by atoms with Gasteiger partial charge in [-0.2, -0.15) is 0 Å². The molecule has 1 aliphatic carbocycles. The third-order valence-corrected chi connectivity index (χ3v) is 4.58. The van der Waals surface area contributed by atoms with E-state index in [1.165, 1.54) is 37.1 Å². The van der Waals surface area contributed by atoms with Crippen molar-refractivity contribution in [2.45, 2.75) is 32.7 Å². The fraction of sp³-hybridized carbons (Fsp3) is 0.625. The van der Waals surface area contributed by atoms with E-state index in [0.717, 1.165) is 19.0 Å². The van der Waals surface area contributed by atoms with Crippen LogP contribution in [0.25, 0.3) is 0 Å². The fourth-order valence-corrected chi connectivity index (χ4v) is 3.22. The molecule has 1 saturated heterocycles. The molecule has 0 aromatic heterocycles. The lowest BCUT2D eigenvalue weighted by Crippen LogP contribution is -2.45. The lowest BCUT2D eigenvalue weighted by molar-refractivity contribution is 0.155. The van der Waals surface area contributed by atoms with Gasteiger partial charge in [-0.25, -0.2) is 0 Å². The van der Waals surface area contributed by atoms with Crippen LogP contribution in [0.3, 0.4) is 0 Å². The molecule has 1 atom stereocenters. The summed E-state index contributed by atoms with van der Waals surface area (Å²) in [7, 11) is 0. The number of rotatable bonds is 3. The smallest absolute Gasteiger partial charge is 0.0380 e. The molecule has 1 aromatic rings. The average molecular weight is 317 g/mol. The van der Waals surface area contributed by atoms with Gasteiger partial charge in [0.25, 0.3) is 0 Å². The number of nitrogens with zero attached hydrogens (tertiary/aromatic N) is 1. The number of piperazine rings is 1. The highest BCUT2D eigenvalue weighted by molar-refractivity contribution is 5.85. The summed E-state index contributed by atoms with van der Waals surface area (Å²) in [5.41, 5.74) is 4.53. The van der Waals surface area contributed by atoms with E-state index in [9.17, 15) is 0 Å². The minimum absolute atomic E-state index is 0. The van der Waals surface area contributed by atoms with Crippen molar-refractivity contribution in [2.75, 3.05) is 26.2 Å². The summed E-state index contributed by atoms with van der Waals surface area (Å²) in [6, 6.07) is 7.50.